The first-order valence-electron chi connectivity index (χ1n) is 17.4. The first-order valence-corrected chi connectivity index (χ1v) is 20.4. The first kappa shape index (κ1) is 51.9. The van der Waals surface area contributed by atoms with Crippen LogP contribution in [0.25, 0.3) is 0 Å². The monoisotopic (exact) mass is 748 g/mol. The van der Waals surface area contributed by atoms with Crippen molar-refractivity contribution in [1.82, 2.24) is 0 Å². The van der Waals surface area contributed by atoms with Crippen LogP contribution >= 0.6 is 15.6 Å². The molecule has 2 unspecified atom stereocenters. The van der Waals surface area contributed by atoms with Gasteiger partial charge in [0.1, 0.15) is 0 Å². The third-order valence-electron chi connectivity index (χ3n) is 6.69. The molecule has 0 aliphatic rings. The third-order valence-corrected chi connectivity index (χ3v) is 9.29. The van der Waals surface area contributed by atoms with Crippen LogP contribution in [0.1, 0.15) is 182 Å². The molecule has 0 aromatic rings. The molecular weight excluding hydrogens is 682 g/mol. The number of rotatable bonds is 30. The molecule has 12 heteroatoms. The fourth-order valence-corrected chi connectivity index (χ4v) is 6.11. The summed E-state index contributed by atoms with van der Waals surface area (Å²) in [6, 6.07) is 0. The van der Waals surface area contributed by atoms with Gasteiger partial charge in [0.2, 0.25) is 0 Å². The van der Waals surface area contributed by atoms with Crippen LogP contribution in [0.5, 0.6) is 0 Å². The Morgan fingerprint density at radius 1 is 0.409 bits per heavy atom. The molecule has 0 amide bonds. The van der Waals surface area contributed by atoms with E-state index in [9.17, 15) is 29.1 Å². The van der Waals surface area contributed by atoms with Crippen LogP contribution in [-0.2, 0) is 48.7 Å². The van der Waals surface area contributed by atoms with Crippen LogP contribution < -0.4 is 20.0 Å². The van der Waals surface area contributed by atoms with E-state index in [1.165, 1.54) is 51.4 Å². The van der Waals surface area contributed by atoms with Gasteiger partial charge < -0.3 is 29.0 Å². The van der Waals surface area contributed by atoms with E-state index in [-0.39, 0.29) is 52.6 Å². The molecule has 0 saturated heterocycles. The molecule has 0 N–H and O–H groups in total. The van der Waals surface area contributed by atoms with Crippen molar-refractivity contribution in [3.63, 3.8) is 0 Å². The van der Waals surface area contributed by atoms with Crippen LogP contribution in [0.2, 0.25) is 0 Å². The largest absolute Gasteiger partial charge is 4.00 e. The Morgan fingerprint density at radius 2 is 0.636 bits per heavy atom. The van der Waals surface area contributed by atoms with E-state index in [1.807, 2.05) is 0 Å². The molecule has 0 rings (SSSR count). The van der Waals surface area contributed by atoms with Crippen molar-refractivity contribution in [2.24, 2.45) is 0 Å². The van der Waals surface area contributed by atoms with Crippen LogP contribution in [0.3, 0.4) is 0 Å². The molecule has 0 aliphatic carbocycles. The Labute approximate surface area is 291 Å². The average molecular weight is 750 g/mol. The van der Waals surface area contributed by atoms with Crippen LogP contribution in [0, 0.1) is 0 Å². The van der Waals surface area contributed by atoms with Crippen LogP contribution in [0.4, 0.5) is 0 Å². The molecule has 0 heterocycles. The van der Waals surface area contributed by atoms with Gasteiger partial charge in [0.25, 0.3) is 15.6 Å². The smallest absolute Gasteiger partial charge is 0.854 e. The standard InChI is InChI=1S/C16H36O7P2.2C8H17O.Zr/c1-3-5-7-9-11-13-15-21-24(17,18)23-25(19,20)22-16-14-12-10-8-6-4-2;2*1-2-3-4-5-6-7-8-9;/h3-16H2,1-2H3,(H,17,18)(H,19,20);2*2-8H2,1H3;/q;2*-1;+4/p-2. The fraction of sp³-hybridized carbons (Fsp3) is 1.00. The van der Waals surface area contributed by atoms with Gasteiger partial charge >= 0.3 is 26.2 Å². The van der Waals surface area contributed by atoms with E-state index >= 15 is 0 Å². The van der Waals surface area contributed by atoms with E-state index in [0.717, 1.165) is 89.9 Å². The molecule has 0 saturated carbocycles. The van der Waals surface area contributed by atoms with Crippen molar-refractivity contribution < 1.29 is 68.7 Å². The maximum atomic E-state index is 11.5. The summed E-state index contributed by atoms with van der Waals surface area (Å²) < 4.78 is 36.2. The summed E-state index contributed by atoms with van der Waals surface area (Å²) in [4.78, 5) is 23.0. The predicted octanol–water partition coefficient (Wildman–Crippen LogP) is 8.11. The van der Waals surface area contributed by atoms with Gasteiger partial charge in [-0.1, -0.05) is 169 Å². The second kappa shape index (κ2) is 42.1. The Balaban J connectivity index is -0.000000344. The molecule has 0 radical (unpaired) electrons. The molecular formula is C32H68O9P2Zr. The minimum atomic E-state index is -4.90. The first-order chi connectivity index (χ1) is 20.7. The summed E-state index contributed by atoms with van der Waals surface area (Å²) in [6.07, 6.45) is 26.0. The fourth-order valence-electron chi connectivity index (χ4n) is 4.05. The zero-order chi connectivity index (χ0) is 32.9. The molecule has 0 bridgehead atoms. The second-order valence-electron chi connectivity index (χ2n) is 11.1. The summed E-state index contributed by atoms with van der Waals surface area (Å²) in [5.41, 5.74) is 0. The molecule has 44 heavy (non-hydrogen) atoms. The number of hydrogen-bond donors (Lipinski definition) is 0. The number of unbranched alkanes of at least 4 members (excludes halogenated alkanes) is 20. The van der Waals surface area contributed by atoms with Crippen molar-refractivity contribution in [3.8, 4) is 0 Å². The van der Waals surface area contributed by atoms with Crippen LogP contribution in [-0.4, -0.2) is 26.4 Å². The second-order valence-corrected chi connectivity index (χ2v) is 14.1. The Morgan fingerprint density at radius 3 is 0.886 bits per heavy atom. The summed E-state index contributed by atoms with van der Waals surface area (Å²) in [6.45, 7) is 8.71. The van der Waals surface area contributed by atoms with Crippen LogP contribution in [0.15, 0.2) is 0 Å². The topological polar surface area (TPSA) is 154 Å². The normalized spacial score (nSPS) is 13.5. The quantitative estimate of drug-likeness (QED) is 0.0523. The minimum Gasteiger partial charge on any atom is -0.854 e. The summed E-state index contributed by atoms with van der Waals surface area (Å²) in [5, 5.41) is 19.9. The molecule has 2 atom stereocenters. The van der Waals surface area contributed by atoms with Crippen molar-refractivity contribution in [3.05, 3.63) is 0 Å². The number of hydrogen-bond acceptors (Lipinski definition) is 9. The van der Waals surface area contributed by atoms with Gasteiger partial charge in [-0.05, 0) is 12.8 Å². The van der Waals surface area contributed by atoms with Gasteiger partial charge in [0.05, 0.1) is 13.2 Å². The predicted molar refractivity (Wildman–Crippen MR) is 171 cm³/mol. The van der Waals surface area contributed by atoms with E-state index in [0.29, 0.717) is 12.8 Å². The van der Waals surface area contributed by atoms with Gasteiger partial charge in [0.15, 0.2) is 0 Å². The Kier molecular flexibility index (Phi) is 49.6. The van der Waals surface area contributed by atoms with Gasteiger partial charge in [-0.3, -0.25) is 9.13 Å². The van der Waals surface area contributed by atoms with Crippen molar-refractivity contribution in [2.75, 3.05) is 26.4 Å². The van der Waals surface area contributed by atoms with E-state index in [1.54, 1.807) is 0 Å². The summed E-state index contributed by atoms with van der Waals surface area (Å²) >= 11 is 0. The molecule has 0 aromatic carbocycles. The van der Waals surface area contributed by atoms with Gasteiger partial charge in [-0.2, -0.15) is 0 Å². The van der Waals surface area contributed by atoms with Crippen molar-refractivity contribution >= 4 is 15.6 Å². The molecule has 0 fully saturated rings. The molecule has 0 aliphatic heterocycles. The third kappa shape index (κ3) is 49.9. The van der Waals surface area contributed by atoms with Gasteiger partial charge in [-0.25, -0.2) is 4.31 Å². The molecule has 264 valence electrons. The van der Waals surface area contributed by atoms with Gasteiger partial charge in [-0.15, -0.1) is 13.2 Å². The SMILES string of the molecule is CCCCCCCCOP(=O)([O-])OP(=O)([O-])OCCCCCCCC.CCCCCCCC[O-].CCCCCCCC[O-].[Zr+4]. The number of phosphoric acid groups is 2. The molecule has 9 nitrogen and oxygen atoms in total. The van der Waals surface area contributed by atoms with Gasteiger partial charge in [0, 0.05) is 0 Å². The maximum absolute atomic E-state index is 11.5. The van der Waals surface area contributed by atoms with Crippen molar-refractivity contribution in [1.29, 1.82) is 0 Å². The molecule has 0 spiro atoms. The van der Waals surface area contributed by atoms with E-state index in [2.05, 4.69) is 41.1 Å². The average Bonchev–Trinajstić information content (AvgIpc) is 2.96. The summed E-state index contributed by atoms with van der Waals surface area (Å²) in [7, 11) is -9.79. The van der Waals surface area contributed by atoms with E-state index < -0.39 is 15.6 Å². The minimum absolute atomic E-state index is 0. The zero-order valence-electron chi connectivity index (χ0n) is 28.9. The Hall–Kier alpha value is 1.06. The van der Waals surface area contributed by atoms with Crippen molar-refractivity contribution in [2.45, 2.75) is 182 Å². The molecule has 0 aromatic heterocycles. The zero-order valence-corrected chi connectivity index (χ0v) is 33.1. The maximum Gasteiger partial charge on any atom is 4.00 e. The Bertz CT molecular complexity index is 554. The number of phosphoric ester groups is 2. The summed E-state index contributed by atoms with van der Waals surface area (Å²) in [5.74, 6) is 0. The van der Waals surface area contributed by atoms with E-state index in [4.69, 9.17) is 0 Å².